The summed E-state index contributed by atoms with van der Waals surface area (Å²) in [7, 11) is 0. The lowest BCUT2D eigenvalue weighted by Crippen LogP contribution is -2.27. The maximum atomic E-state index is 14.5. The quantitative estimate of drug-likeness (QED) is 0.453. The summed E-state index contributed by atoms with van der Waals surface area (Å²) >= 11 is 5.94. The highest BCUT2D eigenvalue weighted by Gasteiger charge is 2.16. The standard InChI is InChI=1S/C22H14ClF2N5O3/c23-18-19(26)27-11-28-21(18)33-17-8-5-13(10-16(17)25)29-20(31)15-2-1-9-30(22(15)32)14-6-3-12(24)4-7-14/h1-11H,(H,29,31)(H2,26,27,28). The van der Waals surface area contributed by atoms with E-state index in [-0.39, 0.29) is 33.7 Å². The van der Waals surface area contributed by atoms with Crippen molar-refractivity contribution < 1.29 is 18.3 Å². The second-order valence-electron chi connectivity index (χ2n) is 6.65. The molecular weight excluding hydrogens is 456 g/mol. The number of hydrogen-bond acceptors (Lipinski definition) is 6. The molecule has 0 unspecified atom stereocenters. The van der Waals surface area contributed by atoms with Gasteiger partial charge in [-0.3, -0.25) is 14.2 Å². The number of rotatable bonds is 5. The Morgan fingerprint density at radius 3 is 2.58 bits per heavy atom. The summed E-state index contributed by atoms with van der Waals surface area (Å²) in [5.74, 6) is -2.41. The Hall–Kier alpha value is -4.31. The van der Waals surface area contributed by atoms with E-state index in [1.165, 1.54) is 59.3 Å². The van der Waals surface area contributed by atoms with Crippen LogP contribution in [0.1, 0.15) is 10.4 Å². The molecule has 2 aromatic heterocycles. The average molecular weight is 470 g/mol. The molecular formula is C22H14ClF2N5O3. The van der Waals surface area contributed by atoms with Gasteiger partial charge in [0, 0.05) is 23.6 Å². The highest BCUT2D eigenvalue weighted by molar-refractivity contribution is 6.34. The fourth-order valence-electron chi connectivity index (χ4n) is 2.87. The molecule has 1 amide bonds. The molecule has 2 heterocycles. The van der Waals surface area contributed by atoms with Crippen LogP contribution in [-0.4, -0.2) is 20.4 Å². The molecule has 0 atom stereocenters. The van der Waals surface area contributed by atoms with Crippen molar-refractivity contribution in [3.05, 3.63) is 99.7 Å². The van der Waals surface area contributed by atoms with Gasteiger partial charge in [-0.2, -0.15) is 4.98 Å². The lowest BCUT2D eigenvalue weighted by Gasteiger charge is -2.11. The zero-order chi connectivity index (χ0) is 23.5. The van der Waals surface area contributed by atoms with E-state index < -0.39 is 23.1 Å². The molecule has 0 spiro atoms. The lowest BCUT2D eigenvalue weighted by atomic mass is 10.2. The zero-order valence-corrected chi connectivity index (χ0v) is 17.4. The number of amides is 1. The van der Waals surface area contributed by atoms with Crippen molar-refractivity contribution in [2.24, 2.45) is 0 Å². The van der Waals surface area contributed by atoms with Gasteiger partial charge in [0.2, 0.25) is 5.88 Å². The predicted molar refractivity (Wildman–Crippen MR) is 118 cm³/mol. The van der Waals surface area contributed by atoms with Gasteiger partial charge in [0.05, 0.1) is 0 Å². The number of pyridine rings is 1. The third kappa shape index (κ3) is 4.65. The molecule has 0 fully saturated rings. The minimum Gasteiger partial charge on any atom is -0.434 e. The molecule has 166 valence electrons. The van der Waals surface area contributed by atoms with Crippen LogP contribution in [0.15, 0.2) is 71.9 Å². The van der Waals surface area contributed by atoms with Crippen LogP contribution in [0.3, 0.4) is 0 Å². The van der Waals surface area contributed by atoms with Crippen LogP contribution in [0.2, 0.25) is 5.02 Å². The predicted octanol–water partition coefficient (Wildman–Crippen LogP) is 4.19. The van der Waals surface area contributed by atoms with Crippen molar-refractivity contribution in [1.29, 1.82) is 0 Å². The number of nitrogens with one attached hydrogen (secondary N) is 1. The molecule has 0 bridgehead atoms. The Morgan fingerprint density at radius 2 is 1.85 bits per heavy atom. The van der Waals surface area contributed by atoms with Crippen molar-refractivity contribution in [3.63, 3.8) is 0 Å². The van der Waals surface area contributed by atoms with Gasteiger partial charge in [-0.1, -0.05) is 11.6 Å². The molecule has 33 heavy (non-hydrogen) atoms. The first-order valence-corrected chi connectivity index (χ1v) is 9.73. The van der Waals surface area contributed by atoms with Crippen LogP contribution in [0.4, 0.5) is 20.3 Å². The molecule has 4 aromatic rings. The molecule has 0 aliphatic rings. The van der Waals surface area contributed by atoms with E-state index in [9.17, 15) is 18.4 Å². The average Bonchev–Trinajstić information content (AvgIpc) is 2.79. The van der Waals surface area contributed by atoms with Gasteiger partial charge in [0.1, 0.15) is 28.5 Å². The molecule has 8 nitrogen and oxygen atoms in total. The number of benzene rings is 2. The Bertz CT molecular complexity index is 1410. The third-order valence-electron chi connectivity index (χ3n) is 4.48. The van der Waals surface area contributed by atoms with Crippen LogP contribution < -0.4 is 21.3 Å². The first kappa shape index (κ1) is 21.9. The first-order valence-electron chi connectivity index (χ1n) is 9.36. The van der Waals surface area contributed by atoms with Gasteiger partial charge in [-0.15, -0.1) is 0 Å². The molecule has 11 heteroatoms. The van der Waals surface area contributed by atoms with E-state index in [1.807, 2.05) is 0 Å². The summed E-state index contributed by atoms with van der Waals surface area (Å²) in [6.07, 6.45) is 2.56. The highest BCUT2D eigenvalue weighted by atomic mass is 35.5. The van der Waals surface area contributed by atoms with Gasteiger partial charge in [-0.25, -0.2) is 13.8 Å². The molecule has 0 radical (unpaired) electrons. The van der Waals surface area contributed by atoms with Gasteiger partial charge in [0.25, 0.3) is 11.5 Å². The lowest BCUT2D eigenvalue weighted by molar-refractivity contribution is 0.102. The zero-order valence-electron chi connectivity index (χ0n) is 16.6. The topological polar surface area (TPSA) is 112 Å². The van der Waals surface area contributed by atoms with Crippen LogP contribution in [0, 0.1) is 11.6 Å². The number of ether oxygens (including phenoxy) is 1. The number of hydrogen-bond donors (Lipinski definition) is 2. The Balaban J connectivity index is 1.55. The molecule has 3 N–H and O–H groups in total. The number of nitrogens with zero attached hydrogens (tertiary/aromatic N) is 3. The van der Waals surface area contributed by atoms with Gasteiger partial charge >= 0.3 is 0 Å². The monoisotopic (exact) mass is 469 g/mol. The summed E-state index contributed by atoms with van der Waals surface area (Å²) in [4.78, 5) is 32.9. The summed E-state index contributed by atoms with van der Waals surface area (Å²) in [5, 5.41) is 2.39. The Morgan fingerprint density at radius 1 is 1.09 bits per heavy atom. The van der Waals surface area contributed by atoms with E-state index in [2.05, 4.69) is 15.3 Å². The van der Waals surface area contributed by atoms with Crippen molar-refractivity contribution in [2.75, 3.05) is 11.1 Å². The van der Waals surface area contributed by atoms with Crippen molar-refractivity contribution >= 4 is 29.0 Å². The number of halogens is 3. The van der Waals surface area contributed by atoms with E-state index >= 15 is 0 Å². The van der Waals surface area contributed by atoms with E-state index in [1.54, 1.807) is 0 Å². The number of carbonyl (C=O) groups excluding carboxylic acids is 1. The third-order valence-corrected chi connectivity index (χ3v) is 4.83. The number of nitrogens with two attached hydrogens (primary N) is 1. The van der Waals surface area contributed by atoms with Crippen molar-refractivity contribution in [1.82, 2.24) is 14.5 Å². The summed E-state index contributed by atoms with van der Waals surface area (Å²) < 4.78 is 34.2. The second kappa shape index (κ2) is 9.05. The molecule has 0 saturated heterocycles. The minimum atomic E-state index is -0.821. The van der Waals surface area contributed by atoms with Gasteiger partial charge in [-0.05, 0) is 48.5 Å². The van der Waals surface area contributed by atoms with Crippen LogP contribution in [-0.2, 0) is 0 Å². The SMILES string of the molecule is Nc1ncnc(Oc2ccc(NC(=O)c3cccn(-c4ccc(F)cc4)c3=O)cc2F)c1Cl. The number of carbonyl (C=O) groups is 1. The molecule has 0 aliphatic carbocycles. The van der Waals surface area contributed by atoms with Crippen LogP contribution in [0.5, 0.6) is 11.6 Å². The van der Waals surface area contributed by atoms with Crippen LogP contribution in [0.25, 0.3) is 5.69 Å². The molecule has 0 saturated carbocycles. The maximum Gasteiger partial charge on any atom is 0.267 e. The van der Waals surface area contributed by atoms with E-state index in [0.717, 1.165) is 12.4 Å². The Labute approximate surface area is 190 Å². The fourth-order valence-corrected chi connectivity index (χ4v) is 3.01. The van der Waals surface area contributed by atoms with E-state index in [0.29, 0.717) is 5.69 Å². The number of nitrogen functional groups attached to an aromatic ring is 1. The summed E-state index contributed by atoms with van der Waals surface area (Å²) in [6.45, 7) is 0. The van der Waals surface area contributed by atoms with Gasteiger partial charge < -0.3 is 15.8 Å². The Kier molecular flexibility index (Phi) is 6.01. The first-order chi connectivity index (χ1) is 15.8. The normalized spacial score (nSPS) is 10.6. The number of anilines is 2. The molecule has 4 rings (SSSR count). The second-order valence-corrected chi connectivity index (χ2v) is 7.03. The molecule has 2 aromatic carbocycles. The number of aromatic nitrogens is 3. The summed E-state index contributed by atoms with van der Waals surface area (Å²) in [6, 6.07) is 11.7. The minimum absolute atomic E-state index is 0.0277. The smallest absolute Gasteiger partial charge is 0.267 e. The largest absolute Gasteiger partial charge is 0.434 e. The maximum absolute atomic E-state index is 14.5. The van der Waals surface area contributed by atoms with Crippen molar-refractivity contribution in [3.8, 4) is 17.3 Å². The van der Waals surface area contributed by atoms with Crippen molar-refractivity contribution in [2.45, 2.75) is 0 Å². The van der Waals surface area contributed by atoms with E-state index in [4.69, 9.17) is 22.1 Å². The molecule has 0 aliphatic heterocycles. The van der Waals surface area contributed by atoms with Crippen LogP contribution >= 0.6 is 11.6 Å². The highest BCUT2D eigenvalue weighted by Crippen LogP contribution is 2.32. The summed E-state index contributed by atoms with van der Waals surface area (Å²) in [5.41, 5.74) is 5.21. The van der Waals surface area contributed by atoms with Gasteiger partial charge in [0.15, 0.2) is 11.6 Å². The fraction of sp³-hybridized carbons (Fsp3) is 0.